The third-order valence-electron chi connectivity index (χ3n) is 8.26. The third-order valence-corrected chi connectivity index (χ3v) is 9.20. The van der Waals surface area contributed by atoms with Crippen molar-refractivity contribution in [1.82, 2.24) is 0 Å². The van der Waals surface area contributed by atoms with Crippen molar-refractivity contribution in [1.29, 1.82) is 0 Å². The van der Waals surface area contributed by atoms with Gasteiger partial charge in [-0.15, -0.1) is 0 Å². The molecule has 46 heavy (non-hydrogen) atoms. The van der Waals surface area contributed by atoms with Crippen LogP contribution < -0.4 is 0 Å². The number of carbonyl (C=O) groups is 2. The SMILES string of the molecule is CCCCCCCC/C=C\CCCCCCCCCC(=O)OC(COC(=O)CCCCCCCCCCCC)COP(=O)(O)OC. The predicted molar refractivity (Wildman–Crippen MR) is 189 cm³/mol. The Kier molecular flexibility index (Phi) is 32.8. The molecule has 2 unspecified atom stereocenters. The Balaban J connectivity index is 4.02. The molecule has 0 saturated carbocycles. The molecular formula is C37H71O8P. The zero-order chi connectivity index (χ0) is 34.0. The maximum absolute atomic E-state index is 12.4. The van der Waals surface area contributed by atoms with Gasteiger partial charge < -0.3 is 14.4 Å². The molecule has 0 aromatic carbocycles. The van der Waals surface area contributed by atoms with Crippen LogP contribution >= 0.6 is 7.82 Å². The van der Waals surface area contributed by atoms with E-state index in [4.69, 9.17) is 14.0 Å². The number of carbonyl (C=O) groups excluding carboxylic acids is 2. The highest BCUT2D eigenvalue weighted by Crippen LogP contribution is 2.42. The molecule has 2 atom stereocenters. The third kappa shape index (κ3) is 32.7. The summed E-state index contributed by atoms with van der Waals surface area (Å²) in [5, 5.41) is 0. The summed E-state index contributed by atoms with van der Waals surface area (Å²) in [7, 11) is -3.19. The minimum Gasteiger partial charge on any atom is -0.462 e. The summed E-state index contributed by atoms with van der Waals surface area (Å²) in [5.74, 6) is -0.805. The van der Waals surface area contributed by atoms with Crippen molar-refractivity contribution in [3.8, 4) is 0 Å². The Morgan fingerprint density at radius 3 is 1.41 bits per heavy atom. The van der Waals surface area contributed by atoms with E-state index < -0.39 is 26.5 Å². The van der Waals surface area contributed by atoms with Crippen LogP contribution in [0.25, 0.3) is 0 Å². The first-order valence-corrected chi connectivity index (χ1v) is 20.4. The molecule has 0 aromatic rings. The lowest BCUT2D eigenvalue weighted by Crippen LogP contribution is -2.29. The first-order valence-electron chi connectivity index (χ1n) is 18.9. The lowest BCUT2D eigenvalue weighted by molar-refractivity contribution is -0.161. The fraction of sp³-hybridized carbons (Fsp3) is 0.892. The number of allylic oxidation sites excluding steroid dienone is 2. The summed E-state index contributed by atoms with van der Waals surface area (Å²) in [6, 6.07) is 0. The fourth-order valence-corrected chi connectivity index (χ4v) is 5.76. The van der Waals surface area contributed by atoms with Crippen LogP contribution in [0.2, 0.25) is 0 Å². The van der Waals surface area contributed by atoms with E-state index in [1.165, 1.54) is 109 Å². The molecule has 0 aliphatic rings. The van der Waals surface area contributed by atoms with Crippen LogP contribution in [0.1, 0.15) is 187 Å². The minimum absolute atomic E-state index is 0.222. The number of ether oxygens (including phenoxy) is 2. The van der Waals surface area contributed by atoms with Crippen molar-refractivity contribution in [3.63, 3.8) is 0 Å². The molecule has 272 valence electrons. The van der Waals surface area contributed by atoms with Crippen LogP contribution in [0.15, 0.2) is 12.2 Å². The molecule has 0 spiro atoms. The summed E-state index contributed by atoms with van der Waals surface area (Å²) < 4.78 is 31.8. The number of rotatable bonds is 35. The molecule has 0 radical (unpaired) electrons. The normalized spacial score (nSPS) is 13.6. The lowest BCUT2D eigenvalue weighted by atomic mass is 10.1. The second-order valence-electron chi connectivity index (χ2n) is 12.7. The second kappa shape index (κ2) is 33.7. The summed E-state index contributed by atoms with van der Waals surface area (Å²) in [4.78, 5) is 34.2. The molecular weight excluding hydrogens is 603 g/mol. The monoisotopic (exact) mass is 674 g/mol. The van der Waals surface area contributed by atoms with Gasteiger partial charge in [-0.25, -0.2) is 4.57 Å². The standard InChI is InChI=1S/C37H71O8P/c1-4-6-8-10-12-14-16-17-18-19-20-21-22-24-26-28-30-32-37(39)45-35(34-44-46(40,41)42-3)33-43-36(38)31-29-27-25-23-15-13-11-9-7-5-2/h17-18,35H,4-16,19-34H2,1-3H3,(H,40,41)/b18-17-. The number of hydrogen-bond acceptors (Lipinski definition) is 7. The van der Waals surface area contributed by atoms with E-state index in [9.17, 15) is 19.0 Å². The smallest absolute Gasteiger partial charge is 0.462 e. The van der Waals surface area contributed by atoms with Crippen LogP contribution in [0, 0.1) is 0 Å². The lowest BCUT2D eigenvalue weighted by Gasteiger charge is -2.19. The van der Waals surface area contributed by atoms with Crippen molar-refractivity contribution in [2.45, 2.75) is 193 Å². The Labute approximate surface area is 282 Å². The number of unbranched alkanes of at least 4 members (excludes halogenated alkanes) is 22. The van der Waals surface area contributed by atoms with Gasteiger partial charge in [-0.2, -0.15) is 0 Å². The maximum Gasteiger partial charge on any atom is 0.472 e. The Hall–Kier alpha value is -1.21. The van der Waals surface area contributed by atoms with Crippen molar-refractivity contribution >= 4 is 19.8 Å². The van der Waals surface area contributed by atoms with E-state index in [1.54, 1.807) is 0 Å². The molecule has 0 heterocycles. The molecule has 0 aliphatic carbocycles. The first kappa shape index (κ1) is 44.8. The van der Waals surface area contributed by atoms with Gasteiger partial charge in [-0.3, -0.25) is 18.6 Å². The van der Waals surface area contributed by atoms with Gasteiger partial charge in [0.1, 0.15) is 6.61 Å². The highest BCUT2D eigenvalue weighted by molar-refractivity contribution is 7.47. The van der Waals surface area contributed by atoms with E-state index in [1.807, 2.05) is 0 Å². The number of hydrogen-bond donors (Lipinski definition) is 1. The van der Waals surface area contributed by atoms with Gasteiger partial charge in [0.25, 0.3) is 0 Å². The van der Waals surface area contributed by atoms with Gasteiger partial charge in [0.2, 0.25) is 0 Å². The summed E-state index contributed by atoms with van der Waals surface area (Å²) in [6.07, 6.45) is 34.0. The molecule has 9 heteroatoms. The van der Waals surface area contributed by atoms with Gasteiger partial charge in [0.05, 0.1) is 6.61 Å². The Morgan fingerprint density at radius 1 is 0.587 bits per heavy atom. The molecule has 0 aliphatic heterocycles. The van der Waals surface area contributed by atoms with Crippen LogP contribution in [0.3, 0.4) is 0 Å². The van der Waals surface area contributed by atoms with Crippen LogP contribution in [-0.2, 0) is 32.7 Å². The largest absolute Gasteiger partial charge is 0.472 e. The predicted octanol–water partition coefficient (Wildman–Crippen LogP) is 11.3. The highest BCUT2D eigenvalue weighted by Gasteiger charge is 2.24. The van der Waals surface area contributed by atoms with Crippen LogP contribution in [0.5, 0.6) is 0 Å². The molecule has 0 bridgehead atoms. The minimum atomic E-state index is -4.25. The average Bonchev–Trinajstić information content (AvgIpc) is 3.04. The number of phosphoric ester groups is 1. The Morgan fingerprint density at radius 2 is 0.978 bits per heavy atom. The summed E-state index contributed by atoms with van der Waals surface area (Å²) in [6.45, 7) is 3.86. The van der Waals surface area contributed by atoms with Crippen molar-refractivity contribution in [2.24, 2.45) is 0 Å². The van der Waals surface area contributed by atoms with Crippen LogP contribution in [0.4, 0.5) is 0 Å². The zero-order valence-electron chi connectivity index (χ0n) is 30.0. The average molecular weight is 675 g/mol. The molecule has 0 fully saturated rings. The van der Waals surface area contributed by atoms with Crippen LogP contribution in [-0.4, -0.2) is 43.3 Å². The maximum atomic E-state index is 12.4. The van der Waals surface area contributed by atoms with Gasteiger partial charge in [-0.05, 0) is 38.5 Å². The summed E-state index contributed by atoms with van der Waals surface area (Å²) >= 11 is 0. The van der Waals surface area contributed by atoms with Crippen molar-refractivity contribution in [2.75, 3.05) is 20.3 Å². The van der Waals surface area contributed by atoms with Gasteiger partial charge >= 0.3 is 19.8 Å². The van der Waals surface area contributed by atoms with Crippen molar-refractivity contribution in [3.05, 3.63) is 12.2 Å². The highest BCUT2D eigenvalue weighted by atomic mass is 31.2. The fourth-order valence-electron chi connectivity index (χ4n) is 5.30. The van der Waals surface area contributed by atoms with Gasteiger partial charge in [0.15, 0.2) is 6.10 Å². The van der Waals surface area contributed by atoms with E-state index in [2.05, 4.69) is 30.5 Å². The first-order chi connectivity index (χ1) is 22.3. The van der Waals surface area contributed by atoms with E-state index in [-0.39, 0.29) is 19.0 Å². The van der Waals surface area contributed by atoms with E-state index in [0.717, 1.165) is 52.1 Å². The quantitative estimate of drug-likeness (QED) is 0.0306. The summed E-state index contributed by atoms with van der Waals surface area (Å²) in [5.41, 5.74) is 0. The topological polar surface area (TPSA) is 108 Å². The second-order valence-corrected chi connectivity index (χ2v) is 14.3. The number of phosphoric acid groups is 1. The molecule has 8 nitrogen and oxygen atoms in total. The molecule has 1 N–H and O–H groups in total. The van der Waals surface area contributed by atoms with E-state index in [0.29, 0.717) is 12.8 Å². The molecule has 0 amide bonds. The molecule has 0 rings (SSSR count). The molecule has 0 aromatic heterocycles. The van der Waals surface area contributed by atoms with Crippen molar-refractivity contribution < 1.29 is 37.6 Å². The van der Waals surface area contributed by atoms with E-state index >= 15 is 0 Å². The van der Waals surface area contributed by atoms with Gasteiger partial charge in [0, 0.05) is 20.0 Å². The number of esters is 2. The molecule has 0 saturated heterocycles. The van der Waals surface area contributed by atoms with Gasteiger partial charge in [-0.1, -0.05) is 148 Å². The zero-order valence-corrected chi connectivity index (χ0v) is 30.9. The Bertz CT molecular complexity index is 772.